The number of hydrogen-bond donors (Lipinski definition) is 1. The first-order chi connectivity index (χ1) is 14.7. The topological polar surface area (TPSA) is 87.0 Å². The summed E-state index contributed by atoms with van der Waals surface area (Å²) in [5.74, 6) is 0.293. The minimum Gasteiger partial charge on any atom is -0.366 e. The molecule has 0 atom stereocenters. The number of likely N-dealkylation sites (tertiary alicyclic amines) is 2. The van der Waals surface area contributed by atoms with Crippen LogP contribution in [0.25, 0.3) is 0 Å². The van der Waals surface area contributed by atoms with Crippen LogP contribution >= 0.6 is 0 Å². The van der Waals surface area contributed by atoms with E-state index in [1.165, 1.54) is 0 Å². The minimum atomic E-state index is -0.469. The molecule has 0 aliphatic carbocycles. The van der Waals surface area contributed by atoms with Crippen molar-refractivity contribution in [2.75, 3.05) is 44.2 Å². The number of piperidine rings is 2. The maximum absolute atomic E-state index is 12.7. The second-order valence-corrected chi connectivity index (χ2v) is 10.2. The Hall–Kier alpha value is -2.41. The third kappa shape index (κ3) is 4.92. The summed E-state index contributed by atoms with van der Waals surface area (Å²) in [6.45, 7) is 9.29. The van der Waals surface area contributed by atoms with Crippen molar-refractivity contribution in [3.63, 3.8) is 0 Å². The van der Waals surface area contributed by atoms with Crippen molar-refractivity contribution in [1.29, 1.82) is 0 Å². The van der Waals surface area contributed by atoms with E-state index in [4.69, 9.17) is 5.73 Å². The first-order valence-electron chi connectivity index (χ1n) is 11.4. The maximum atomic E-state index is 12.7. The second-order valence-electron chi connectivity index (χ2n) is 10.2. The van der Waals surface area contributed by atoms with E-state index >= 15 is 0 Å². The highest BCUT2D eigenvalue weighted by Crippen LogP contribution is 2.32. The summed E-state index contributed by atoms with van der Waals surface area (Å²) in [5, 5.41) is 0. The van der Waals surface area contributed by atoms with E-state index in [1.54, 1.807) is 12.1 Å². The Balaban J connectivity index is 1.27. The summed E-state index contributed by atoms with van der Waals surface area (Å²) < 4.78 is 0. The molecule has 0 bridgehead atoms. The average molecular weight is 427 g/mol. The molecule has 1 aromatic carbocycles. The molecule has 4 rings (SSSR count). The SMILES string of the molecule is CC1(C)CCN(C(=O)CN2CCC(CN3C(=O)Cc4cc(C(N)=O)ccc43)CC2)CC1. The summed E-state index contributed by atoms with van der Waals surface area (Å²) in [7, 11) is 0. The largest absolute Gasteiger partial charge is 0.366 e. The van der Waals surface area contributed by atoms with Gasteiger partial charge in [0.15, 0.2) is 0 Å². The van der Waals surface area contributed by atoms with Crippen LogP contribution in [0.5, 0.6) is 0 Å². The first kappa shape index (κ1) is 21.8. The Bertz CT molecular complexity index is 864. The number of nitrogens with zero attached hydrogens (tertiary/aromatic N) is 3. The van der Waals surface area contributed by atoms with E-state index < -0.39 is 5.91 Å². The van der Waals surface area contributed by atoms with Crippen molar-refractivity contribution < 1.29 is 14.4 Å². The number of carbonyl (C=O) groups is 3. The Kier molecular flexibility index (Phi) is 6.06. The van der Waals surface area contributed by atoms with E-state index in [0.717, 1.165) is 63.1 Å². The standard InChI is InChI=1S/C24H34N4O3/c1-24(2)7-11-27(12-8-24)22(30)16-26-9-5-17(6-10-26)15-28-20-4-3-18(23(25)31)13-19(20)14-21(28)29/h3-4,13,17H,5-12,14-16H2,1-2H3,(H2,25,31). The predicted molar refractivity (Wildman–Crippen MR) is 120 cm³/mol. The second kappa shape index (κ2) is 8.61. The fraction of sp³-hybridized carbons (Fsp3) is 0.625. The molecule has 0 aromatic heterocycles. The minimum absolute atomic E-state index is 0.0854. The number of fused-ring (bicyclic) bond motifs is 1. The molecule has 3 aliphatic rings. The van der Waals surface area contributed by atoms with E-state index in [2.05, 4.69) is 18.7 Å². The summed E-state index contributed by atoms with van der Waals surface area (Å²) in [6, 6.07) is 5.28. The first-order valence-corrected chi connectivity index (χ1v) is 11.4. The highest BCUT2D eigenvalue weighted by Gasteiger charge is 2.32. The number of rotatable bonds is 5. The molecule has 0 saturated carbocycles. The molecule has 0 radical (unpaired) electrons. The van der Waals surface area contributed by atoms with Gasteiger partial charge in [-0.05, 0) is 73.9 Å². The Labute approximate surface area is 184 Å². The van der Waals surface area contributed by atoms with Gasteiger partial charge in [-0.3, -0.25) is 19.3 Å². The lowest BCUT2D eigenvalue weighted by atomic mass is 9.82. The van der Waals surface area contributed by atoms with Gasteiger partial charge in [-0.25, -0.2) is 0 Å². The zero-order chi connectivity index (χ0) is 22.2. The Morgan fingerprint density at radius 2 is 1.77 bits per heavy atom. The average Bonchev–Trinajstić information content (AvgIpc) is 3.03. The van der Waals surface area contributed by atoms with Gasteiger partial charge < -0.3 is 15.5 Å². The third-order valence-corrected chi connectivity index (χ3v) is 7.27. The molecule has 168 valence electrons. The van der Waals surface area contributed by atoms with E-state index in [9.17, 15) is 14.4 Å². The van der Waals surface area contributed by atoms with Crippen LogP contribution < -0.4 is 10.6 Å². The number of amides is 3. The Morgan fingerprint density at radius 1 is 1.10 bits per heavy atom. The number of hydrogen-bond acceptors (Lipinski definition) is 4. The van der Waals surface area contributed by atoms with Gasteiger partial charge in [0.1, 0.15) is 0 Å². The van der Waals surface area contributed by atoms with Gasteiger partial charge in [-0.15, -0.1) is 0 Å². The number of nitrogens with two attached hydrogens (primary N) is 1. The molecule has 1 aromatic rings. The number of primary amides is 1. The molecule has 31 heavy (non-hydrogen) atoms. The monoisotopic (exact) mass is 426 g/mol. The molecule has 3 heterocycles. The van der Waals surface area contributed by atoms with Crippen LogP contribution in [-0.4, -0.2) is 66.8 Å². The predicted octanol–water partition coefficient (Wildman–Crippen LogP) is 2.04. The van der Waals surface area contributed by atoms with Gasteiger partial charge in [0.05, 0.1) is 13.0 Å². The zero-order valence-electron chi connectivity index (χ0n) is 18.7. The quantitative estimate of drug-likeness (QED) is 0.781. The molecule has 2 fully saturated rings. The van der Waals surface area contributed by atoms with Crippen molar-refractivity contribution in [3.8, 4) is 0 Å². The number of anilines is 1. The van der Waals surface area contributed by atoms with Gasteiger partial charge in [0.25, 0.3) is 0 Å². The molecular weight excluding hydrogens is 392 g/mol. The molecule has 7 heteroatoms. The Morgan fingerprint density at radius 3 is 2.42 bits per heavy atom. The van der Waals surface area contributed by atoms with Crippen LogP contribution in [0, 0.1) is 11.3 Å². The molecule has 0 unspecified atom stereocenters. The van der Waals surface area contributed by atoms with E-state index in [0.29, 0.717) is 36.4 Å². The fourth-order valence-electron chi connectivity index (χ4n) is 4.97. The third-order valence-electron chi connectivity index (χ3n) is 7.27. The molecule has 2 saturated heterocycles. The van der Waals surface area contributed by atoms with Crippen molar-refractivity contribution in [3.05, 3.63) is 29.3 Å². The number of benzene rings is 1. The summed E-state index contributed by atoms with van der Waals surface area (Å²) in [6.07, 6.45) is 4.45. The van der Waals surface area contributed by atoms with Crippen molar-refractivity contribution >= 4 is 23.4 Å². The molecule has 3 aliphatic heterocycles. The summed E-state index contributed by atoms with van der Waals surface area (Å²) in [4.78, 5) is 42.8. The van der Waals surface area contributed by atoms with Crippen LogP contribution in [0.3, 0.4) is 0 Å². The van der Waals surface area contributed by atoms with Crippen LogP contribution in [0.4, 0.5) is 5.69 Å². The summed E-state index contributed by atoms with van der Waals surface area (Å²) >= 11 is 0. The summed E-state index contributed by atoms with van der Waals surface area (Å²) in [5.41, 5.74) is 7.95. The highest BCUT2D eigenvalue weighted by atomic mass is 16.2. The molecule has 3 amide bonds. The lowest BCUT2D eigenvalue weighted by Gasteiger charge is -2.39. The fourth-order valence-corrected chi connectivity index (χ4v) is 4.97. The van der Waals surface area contributed by atoms with Gasteiger partial charge >= 0.3 is 0 Å². The zero-order valence-corrected chi connectivity index (χ0v) is 18.7. The molecular formula is C24H34N4O3. The lowest BCUT2D eigenvalue weighted by molar-refractivity contribution is -0.134. The maximum Gasteiger partial charge on any atom is 0.248 e. The van der Waals surface area contributed by atoms with Crippen LogP contribution in [0.15, 0.2) is 18.2 Å². The van der Waals surface area contributed by atoms with Crippen LogP contribution in [0.1, 0.15) is 55.5 Å². The van der Waals surface area contributed by atoms with E-state index in [1.807, 2.05) is 15.9 Å². The van der Waals surface area contributed by atoms with Crippen LogP contribution in [0.2, 0.25) is 0 Å². The van der Waals surface area contributed by atoms with E-state index in [-0.39, 0.29) is 11.8 Å². The van der Waals surface area contributed by atoms with Crippen LogP contribution in [-0.2, 0) is 16.0 Å². The number of carbonyl (C=O) groups excluding carboxylic acids is 3. The molecule has 7 nitrogen and oxygen atoms in total. The van der Waals surface area contributed by atoms with Crippen molar-refractivity contribution in [2.24, 2.45) is 17.1 Å². The smallest absolute Gasteiger partial charge is 0.248 e. The van der Waals surface area contributed by atoms with Gasteiger partial charge in [0, 0.05) is 30.9 Å². The normalized spacial score (nSPS) is 21.9. The lowest BCUT2D eigenvalue weighted by Crippen LogP contribution is -2.48. The highest BCUT2D eigenvalue weighted by molar-refractivity contribution is 6.03. The van der Waals surface area contributed by atoms with Gasteiger partial charge in [0.2, 0.25) is 17.7 Å². The molecule has 0 spiro atoms. The van der Waals surface area contributed by atoms with Crippen molar-refractivity contribution in [1.82, 2.24) is 9.80 Å². The molecule has 2 N–H and O–H groups in total. The van der Waals surface area contributed by atoms with Crippen molar-refractivity contribution in [2.45, 2.75) is 46.0 Å². The van der Waals surface area contributed by atoms with Gasteiger partial charge in [-0.1, -0.05) is 13.8 Å². The van der Waals surface area contributed by atoms with Gasteiger partial charge in [-0.2, -0.15) is 0 Å².